The lowest BCUT2D eigenvalue weighted by Gasteiger charge is -2.33. The quantitative estimate of drug-likeness (QED) is 0.675. The van der Waals surface area contributed by atoms with E-state index in [4.69, 9.17) is 0 Å². The van der Waals surface area contributed by atoms with Gasteiger partial charge < -0.3 is 10.4 Å². The number of aliphatic hydroxyl groups is 1. The standard InChI is InChI=1S/C15H25NOS/c1-3-11-18-12-10-15(13-17,16-4-2)14-8-6-5-7-9-14/h5-9,16-17H,3-4,10-13H2,1-2H3. The third-order valence-corrected chi connectivity index (χ3v) is 4.32. The fourth-order valence-electron chi connectivity index (χ4n) is 2.15. The molecule has 0 saturated carbocycles. The molecule has 0 saturated heterocycles. The second-order valence-corrected chi connectivity index (χ2v) is 5.72. The number of thioether (sulfide) groups is 1. The van der Waals surface area contributed by atoms with E-state index in [9.17, 15) is 5.11 Å². The molecule has 0 bridgehead atoms. The number of hydrogen-bond acceptors (Lipinski definition) is 3. The smallest absolute Gasteiger partial charge is 0.0676 e. The first-order chi connectivity index (χ1) is 8.79. The number of rotatable bonds is 9. The number of likely N-dealkylation sites (N-methyl/N-ethyl adjacent to an activating group) is 1. The van der Waals surface area contributed by atoms with Gasteiger partial charge in [-0.3, -0.25) is 0 Å². The zero-order chi connectivity index (χ0) is 13.3. The van der Waals surface area contributed by atoms with E-state index in [2.05, 4.69) is 31.3 Å². The van der Waals surface area contributed by atoms with Gasteiger partial charge in [-0.1, -0.05) is 44.2 Å². The average Bonchev–Trinajstić information content (AvgIpc) is 2.43. The van der Waals surface area contributed by atoms with E-state index in [1.54, 1.807) is 0 Å². The summed E-state index contributed by atoms with van der Waals surface area (Å²) in [6.07, 6.45) is 2.18. The molecule has 1 aromatic rings. The van der Waals surface area contributed by atoms with Crippen LogP contribution in [0, 0.1) is 0 Å². The number of hydrogen-bond donors (Lipinski definition) is 2. The molecule has 1 aromatic carbocycles. The summed E-state index contributed by atoms with van der Waals surface area (Å²) in [5.74, 6) is 2.28. The van der Waals surface area contributed by atoms with Crippen molar-refractivity contribution in [2.75, 3.05) is 24.7 Å². The normalized spacial score (nSPS) is 14.4. The van der Waals surface area contributed by atoms with Crippen molar-refractivity contribution in [1.82, 2.24) is 5.32 Å². The van der Waals surface area contributed by atoms with Crippen LogP contribution in [0.3, 0.4) is 0 Å². The van der Waals surface area contributed by atoms with Crippen molar-refractivity contribution in [3.05, 3.63) is 35.9 Å². The molecular weight excluding hydrogens is 242 g/mol. The van der Waals surface area contributed by atoms with Crippen molar-refractivity contribution in [2.45, 2.75) is 32.2 Å². The Morgan fingerprint density at radius 1 is 1.17 bits per heavy atom. The minimum Gasteiger partial charge on any atom is -0.394 e. The van der Waals surface area contributed by atoms with E-state index < -0.39 is 0 Å². The van der Waals surface area contributed by atoms with E-state index >= 15 is 0 Å². The Morgan fingerprint density at radius 3 is 2.44 bits per heavy atom. The van der Waals surface area contributed by atoms with Crippen molar-refractivity contribution in [3.63, 3.8) is 0 Å². The summed E-state index contributed by atoms with van der Waals surface area (Å²) in [5, 5.41) is 13.3. The highest BCUT2D eigenvalue weighted by molar-refractivity contribution is 7.99. The predicted octanol–water partition coefficient (Wildman–Crippen LogP) is 3.02. The second-order valence-electron chi connectivity index (χ2n) is 4.50. The molecular formula is C15H25NOS. The Morgan fingerprint density at radius 2 is 1.89 bits per heavy atom. The molecule has 0 spiro atoms. The summed E-state index contributed by atoms with van der Waals surface area (Å²) in [4.78, 5) is 0. The molecule has 2 N–H and O–H groups in total. The summed E-state index contributed by atoms with van der Waals surface area (Å²) in [5.41, 5.74) is 0.906. The van der Waals surface area contributed by atoms with Gasteiger partial charge in [0.25, 0.3) is 0 Å². The van der Waals surface area contributed by atoms with Gasteiger partial charge in [0.2, 0.25) is 0 Å². The van der Waals surface area contributed by atoms with E-state index in [0.717, 1.165) is 18.7 Å². The molecule has 0 fully saturated rings. The molecule has 1 unspecified atom stereocenters. The fourth-order valence-corrected chi connectivity index (χ4v) is 3.14. The highest BCUT2D eigenvalue weighted by atomic mass is 32.2. The topological polar surface area (TPSA) is 32.3 Å². The van der Waals surface area contributed by atoms with Crippen LogP contribution in [0.25, 0.3) is 0 Å². The molecule has 18 heavy (non-hydrogen) atoms. The number of nitrogens with one attached hydrogen (secondary N) is 1. The van der Waals surface area contributed by atoms with Crippen LogP contribution in [0.4, 0.5) is 0 Å². The van der Waals surface area contributed by atoms with Crippen LogP contribution in [0.1, 0.15) is 32.3 Å². The molecule has 102 valence electrons. The largest absolute Gasteiger partial charge is 0.394 e. The molecule has 1 rings (SSSR count). The van der Waals surface area contributed by atoms with Crippen LogP contribution >= 0.6 is 11.8 Å². The van der Waals surface area contributed by atoms with Crippen molar-refractivity contribution in [2.24, 2.45) is 0 Å². The van der Waals surface area contributed by atoms with Crippen molar-refractivity contribution in [3.8, 4) is 0 Å². The van der Waals surface area contributed by atoms with E-state index in [0.29, 0.717) is 0 Å². The minimum absolute atomic E-state index is 0.150. The minimum atomic E-state index is -0.281. The maximum absolute atomic E-state index is 9.85. The highest BCUT2D eigenvalue weighted by Gasteiger charge is 2.29. The van der Waals surface area contributed by atoms with Gasteiger partial charge in [-0.05, 0) is 36.5 Å². The molecule has 1 atom stereocenters. The molecule has 0 aliphatic carbocycles. The molecule has 2 nitrogen and oxygen atoms in total. The van der Waals surface area contributed by atoms with E-state index in [-0.39, 0.29) is 12.1 Å². The Bertz CT molecular complexity index is 318. The van der Waals surface area contributed by atoms with E-state index in [1.165, 1.54) is 17.7 Å². The van der Waals surface area contributed by atoms with Gasteiger partial charge in [-0.15, -0.1) is 0 Å². The van der Waals surface area contributed by atoms with Gasteiger partial charge in [0, 0.05) is 0 Å². The Hall–Kier alpha value is -0.510. The first kappa shape index (κ1) is 15.5. The molecule has 0 aliphatic rings. The van der Waals surface area contributed by atoms with Crippen molar-refractivity contribution < 1.29 is 5.11 Å². The van der Waals surface area contributed by atoms with Gasteiger partial charge in [0.15, 0.2) is 0 Å². The molecule has 0 amide bonds. The van der Waals surface area contributed by atoms with Crippen LogP contribution < -0.4 is 5.32 Å². The summed E-state index contributed by atoms with van der Waals surface area (Å²) < 4.78 is 0. The third kappa shape index (κ3) is 4.30. The average molecular weight is 267 g/mol. The summed E-state index contributed by atoms with van der Waals surface area (Å²) in [6, 6.07) is 10.3. The number of aliphatic hydroxyl groups excluding tert-OH is 1. The predicted molar refractivity (Wildman–Crippen MR) is 81.1 cm³/mol. The number of benzene rings is 1. The molecule has 0 aromatic heterocycles. The maximum atomic E-state index is 9.85. The Kier molecular flexibility index (Phi) is 7.40. The maximum Gasteiger partial charge on any atom is 0.0676 e. The van der Waals surface area contributed by atoms with Crippen LogP contribution in [-0.2, 0) is 5.54 Å². The van der Waals surface area contributed by atoms with Crippen LogP contribution in [0.15, 0.2) is 30.3 Å². The SMILES string of the molecule is CCCSCCC(CO)(NCC)c1ccccc1. The highest BCUT2D eigenvalue weighted by Crippen LogP contribution is 2.26. The Balaban J connectivity index is 2.74. The summed E-state index contributed by atoms with van der Waals surface area (Å²) in [7, 11) is 0. The lowest BCUT2D eigenvalue weighted by molar-refractivity contribution is 0.158. The fraction of sp³-hybridized carbons (Fsp3) is 0.600. The molecule has 3 heteroatoms. The van der Waals surface area contributed by atoms with E-state index in [1.807, 2.05) is 30.0 Å². The lowest BCUT2D eigenvalue weighted by Crippen LogP contribution is -2.46. The monoisotopic (exact) mass is 267 g/mol. The van der Waals surface area contributed by atoms with Gasteiger partial charge in [-0.2, -0.15) is 11.8 Å². The van der Waals surface area contributed by atoms with Gasteiger partial charge >= 0.3 is 0 Å². The molecule has 0 heterocycles. The van der Waals surface area contributed by atoms with Crippen LogP contribution in [0.2, 0.25) is 0 Å². The summed E-state index contributed by atoms with van der Waals surface area (Å²) >= 11 is 1.96. The first-order valence-corrected chi connectivity index (χ1v) is 7.93. The molecule has 0 aliphatic heterocycles. The van der Waals surface area contributed by atoms with Crippen molar-refractivity contribution in [1.29, 1.82) is 0 Å². The zero-order valence-electron chi connectivity index (χ0n) is 11.5. The first-order valence-electron chi connectivity index (χ1n) is 6.78. The third-order valence-electron chi connectivity index (χ3n) is 3.13. The van der Waals surface area contributed by atoms with Crippen molar-refractivity contribution >= 4 is 11.8 Å². The Labute approximate surface area is 115 Å². The second kappa shape index (κ2) is 8.57. The lowest BCUT2D eigenvalue weighted by atomic mass is 9.88. The van der Waals surface area contributed by atoms with Crippen LogP contribution in [0.5, 0.6) is 0 Å². The zero-order valence-corrected chi connectivity index (χ0v) is 12.3. The van der Waals surface area contributed by atoms with Crippen LogP contribution in [-0.4, -0.2) is 29.8 Å². The van der Waals surface area contributed by atoms with Gasteiger partial charge in [0.1, 0.15) is 0 Å². The molecule has 0 radical (unpaired) electrons. The summed E-state index contributed by atoms with van der Waals surface area (Å²) in [6.45, 7) is 5.31. The van der Waals surface area contributed by atoms with Gasteiger partial charge in [0.05, 0.1) is 12.1 Å². The van der Waals surface area contributed by atoms with Gasteiger partial charge in [-0.25, -0.2) is 0 Å².